The Morgan fingerprint density at radius 3 is 1.77 bits per heavy atom. The van der Waals surface area contributed by atoms with Crippen LogP contribution in [0.15, 0.2) is 168 Å². The van der Waals surface area contributed by atoms with Crippen LogP contribution in [0.5, 0.6) is 0 Å². The van der Waals surface area contributed by atoms with Gasteiger partial charge in [-0.3, -0.25) is 4.57 Å². The lowest BCUT2D eigenvalue weighted by Crippen LogP contribution is -2.06. The molecule has 248 valence electrons. The average molecular weight is 698 g/mol. The quantitative estimate of drug-likeness (QED) is 0.179. The minimum atomic E-state index is 0.557. The maximum absolute atomic E-state index is 6.55. The summed E-state index contributed by atoms with van der Waals surface area (Å²) >= 11 is 1.71. The number of rotatable bonds is 5. The topological polar surface area (TPSA) is 69.6 Å². The summed E-state index contributed by atoms with van der Waals surface area (Å²) < 4.78 is 9.88. The maximum Gasteiger partial charge on any atom is 0.238 e. The van der Waals surface area contributed by atoms with E-state index in [4.69, 9.17) is 24.4 Å². The van der Waals surface area contributed by atoms with Crippen molar-refractivity contribution < 1.29 is 4.42 Å². The lowest BCUT2D eigenvalue weighted by atomic mass is 9.96. The highest BCUT2D eigenvalue weighted by molar-refractivity contribution is 7.21. The molecular formula is C46H27N5OS. The molecule has 4 heterocycles. The molecule has 0 saturated heterocycles. The van der Waals surface area contributed by atoms with Crippen molar-refractivity contribution in [3.05, 3.63) is 164 Å². The molecule has 0 unspecified atom stereocenters. The molecule has 53 heavy (non-hydrogen) atoms. The number of fused-ring (bicyclic) bond motifs is 7. The van der Waals surface area contributed by atoms with Crippen LogP contribution in [0.1, 0.15) is 0 Å². The molecule has 4 aromatic heterocycles. The van der Waals surface area contributed by atoms with Gasteiger partial charge in [0.15, 0.2) is 11.6 Å². The van der Waals surface area contributed by atoms with Crippen LogP contribution in [-0.2, 0) is 0 Å². The molecule has 0 radical (unpaired) electrons. The number of furan rings is 1. The van der Waals surface area contributed by atoms with Gasteiger partial charge in [-0.1, -0.05) is 127 Å². The Hall–Kier alpha value is -6.96. The van der Waals surface area contributed by atoms with Gasteiger partial charge >= 0.3 is 0 Å². The summed E-state index contributed by atoms with van der Waals surface area (Å²) in [7, 11) is 0. The van der Waals surface area contributed by atoms with Crippen molar-refractivity contribution in [3.63, 3.8) is 0 Å². The number of para-hydroxylation sites is 3. The van der Waals surface area contributed by atoms with Crippen molar-refractivity contribution >= 4 is 65.3 Å². The molecule has 0 atom stereocenters. The lowest BCUT2D eigenvalue weighted by molar-refractivity contribution is 0.669. The fourth-order valence-electron chi connectivity index (χ4n) is 7.52. The summed E-state index contributed by atoms with van der Waals surface area (Å²) in [5.74, 6) is 1.73. The van der Waals surface area contributed by atoms with E-state index in [0.29, 0.717) is 17.6 Å². The summed E-state index contributed by atoms with van der Waals surface area (Å²) in [4.78, 5) is 20.4. The van der Waals surface area contributed by atoms with Gasteiger partial charge in [-0.2, -0.15) is 9.97 Å². The third-order valence-corrected chi connectivity index (χ3v) is 11.0. The summed E-state index contributed by atoms with van der Waals surface area (Å²) in [6.45, 7) is 0. The fourth-order valence-corrected chi connectivity index (χ4v) is 8.49. The standard InChI is InChI=1S/C46H27N5OS/c1-2-12-29(13-3-1)43-48-44(50-46(49-43)51-36-19-7-4-14-32(36)33-15-5-8-20-37(33)51)34-17-11-22-39-42(34)41-31(16-10-21-38(41)52-39)28-24-26-30(27-25-28)45-47-35-18-6-9-23-40(35)53-45/h1-27H. The molecule has 0 saturated carbocycles. The Kier molecular flexibility index (Phi) is 6.62. The van der Waals surface area contributed by atoms with E-state index in [9.17, 15) is 0 Å². The largest absolute Gasteiger partial charge is 0.456 e. The van der Waals surface area contributed by atoms with Crippen LogP contribution in [0.2, 0.25) is 0 Å². The summed E-state index contributed by atoms with van der Waals surface area (Å²) in [5.41, 5.74) is 9.72. The van der Waals surface area contributed by atoms with Crippen LogP contribution < -0.4 is 0 Å². The first-order valence-corrected chi connectivity index (χ1v) is 18.3. The molecule has 0 spiro atoms. The second-order valence-electron chi connectivity index (χ2n) is 13.0. The van der Waals surface area contributed by atoms with Gasteiger partial charge in [-0.05, 0) is 47.5 Å². The Bertz CT molecular complexity index is 3090. The predicted octanol–water partition coefficient (Wildman–Crippen LogP) is 12.1. The average Bonchev–Trinajstić information content (AvgIpc) is 3.93. The molecule has 0 aliphatic rings. The smallest absolute Gasteiger partial charge is 0.238 e. The molecule has 0 N–H and O–H groups in total. The molecule has 0 aliphatic heterocycles. The van der Waals surface area contributed by atoms with Crippen molar-refractivity contribution in [2.75, 3.05) is 0 Å². The van der Waals surface area contributed by atoms with Crippen LogP contribution in [0.25, 0.3) is 104 Å². The van der Waals surface area contributed by atoms with Gasteiger partial charge in [-0.15, -0.1) is 11.3 Å². The molecule has 0 aliphatic carbocycles. The van der Waals surface area contributed by atoms with Crippen molar-refractivity contribution in [2.24, 2.45) is 0 Å². The van der Waals surface area contributed by atoms with Gasteiger partial charge in [0.05, 0.1) is 21.3 Å². The van der Waals surface area contributed by atoms with Crippen LogP contribution in [-0.4, -0.2) is 24.5 Å². The fraction of sp³-hybridized carbons (Fsp3) is 0. The van der Waals surface area contributed by atoms with Gasteiger partial charge in [0.2, 0.25) is 5.95 Å². The van der Waals surface area contributed by atoms with Gasteiger partial charge in [0, 0.05) is 38.2 Å². The Morgan fingerprint density at radius 2 is 1.04 bits per heavy atom. The SMILES string of the molecule is c1ccc(-c2nc(-c3cccc4oc5cccc(-c6ccc(-c7nc8ccccc8s7)cc6)c5c34)nc(-n3c4ccccc4c4ccccc43)n2)cc1. The van der Waals surface area contributed by atoms with E-state index in [-0.39, 0.29) is 0 Å². The summed E-state index contributed by atoms with van der Waals surface area (Å²) in [6.07, 6.45) is 0. The van der Waals surface area contributed by atoms with Crippen LogP contribution >= 0.6 is 11.3 Å². The van der Waals surface area contributed by atoms with Crippen molar-refractivity contribution in [3.8, 4) is 50.4 Å². The minimum absolute atomic E-state index is 0.557. The first-order chi connectivity index (χ1) is 26.3. The molecule has 0 bridgehead atoms. The minimum Gasteiger partial charge on any atom is -0.456 e. The molecule has 0 fully saturated rings. The van der Waals surface area contributed by atoms with Gasteiger partial charge in [0.1, 0.15) is 16.2 Å². The molecule has 6 nitrogen and oxygen atoms in total. The third kappa shape index (κ3) is 4.79. The monoisotopic (exact) mass is 697 g/mol. The first kappa shape index (κ1) is 29.7. The van der Waals surface area contributed by atoms with Crippen molar-refractivity contribution in [1.29, 1.82) is 0 Å². The highest BCUT2D eigenvalue weighted by Gasteiger charge is 2.22. The number of hydrogen-bond donors (Lipinski definition) is 0. The van der Waals surface area contributed by atoms with Crippen LogP contribution in [0.4, 0.5) is 0 Å². The highest BCUT2D eigenvalue weighted by atomic mass is 32.1. The second kappa shape index (κ2) is 11.8. The highest BCUT2D eigenvalue weighted by Crippen LogP contribution is 2.42. The van der Waals surface area contributed by atoms with E-state index in [2.05, 4.69) is 114 Å². The predicted molar refractivity (Wildman–Crippen MR) is 216 cm³/mol. The van der Waals surface area contributed by atoms with E-state index in [1.165, 1.54) is 4.70 Å². The van der Waals surface area contributed by atoms with Crippen LogP contribution in [0.3, 0.4) is 0 Å². The van der Waals surface area contributed by atoms with Gasteiger partial charge in [-0.25, -0.2) is 9.97 Å². The van der Waals surface area contributed by atoms with Gasteiger partial charge in [0.25, 0.3) is 0 Å². The first-order valence-electron chi connectivity index (χ1n) is 17.5. The summed E-state index contributed by atoms with van der Waals surface area (Å²) in [5, 5.41) is 5.29. The molecule has 7 heteroatoms. The van der Waals surface area contributed by atoms with Crippen molar-refractivity contribution in [1.82, 2.24) is 24.5 Å². The van der Waals surface area contributed by atoms with E-state index < -0.39 is 0 Å². The van der Waals surface area contributed by atoms with E-state index >= 15 is 0 Å². The zero-order valence-corrected chi connectivity index (χ0v) is 29.0. The molecular weight excluding hydrogens is 671 g/mol. The maximum atomic E-state index is 6.55. The number of thiazole rings is 1. The van der Waals surface area contributed by atoms with Crippen molar-refractivity contribution in [2.45, 2.75) is 0 Å². The lowest BCUT2D eigenvalue weighted by Gasteiger charge is -2.12. The van der Waals surface area contributed by atoms with E-state index in [1.807, 2.05) is 54.6 Å². The number of benzene rings is 7. The Labute approximate surface area is 307 Å². The molecule has 11 aromatic rings. The molecule has 0 amide bonds. The van der Waals surface area contributed by atoms with E-state index in [0.717, 1.165) is 82.1 Å². The zero-order chi connectivity index (χ0) is 34.9. The summed E-state index contributed by atoms with van der Waals surface area (Å²) in [6, 6.07) is 56.2. The van der Waals surface area contributed by atoms with E-state index in [1.54, 1.807) is 11.3 Å². The molecule has 7 aromatic carbocycles. The number of nitrogens with zero attached hydrogens (tertiary/aromatic N) is 5. The number of aromatic nitrogens is 5. The zero-order valence-electron chi connectivity index (χ0n) is 28.1. The van der Waals surface area contributed by atoms with Gasteiger partial charge < -0.3 is 4.42 Å². The van der Waals surface area contributed by atoms with Crippen LogP contribution in [0, 0.1) is 0 Å². The Morgan fingerprint density at radius 1 is 0.434 bits per heavy atom. The normalized spacial score (nSPS) is 11.8. The second-order valence-corrected chi connectivity index (χ2v) is 14.1. The third-order valence-electron chi connectivity index (χ3n) is 9.94. The Balaban J connectivity index is 1.13. The number of hydrogen-bond acceptors (Lipinski definition) is 6. The molecule has 11 rings (SSSR count).